The van der Waals surface area contributed by atoms with Gasteiger partial charge < -0.3 is 0 Å². The number of rotatable bonds is 2. The van der Waals surface area contributed by atoms with E-state index in [0.717, 1.165) is 0 Å². The van der Waals surface area contributed by atoms with E-state index in [1.165, 1.54) is 61.6 Å². The Balaban J connectivity index is 0.000000140. The molecule has 0 spiro atoms. The van der Waals surface area contributed by atoms with Gasteiger partial charge in [0.15, 0.2) is 0 Å². The minimum absolute atomic E-state index is 1.17. The molecule has 0 heteroatoms. The molecule has 0 N–H and O–H groups in total. The molecule has 0 unspecified atom stereocenters. The molecule has 2 aromatic carbocycles. The van der Waals surface area contributed by atoms with Gasteiger partial charge in [-0.05, 0) is 61.6 Å². The maximum Gasteiger partial charge on any atom is -0.00671 e. The molecule has 0 amide bonds. The number of allylic oxidation sites excluding steroid dienone is 3. The molecule has 2 aliphatic carbocycles. The largest absolute Gasteiger partial charge is 0.0850 e. The van der Waals surface area contributed by atoms with Gasteiger partial charge in [-0.2, -0.15) is 0 Å². The van der Waals surface area contributed by atoms with Crippen molar-refractivity contribution in [1.82, 2.24) is 0 Å². The summed E-state index contributed by atoms with van der Waals surface area (Å²) < 4.78 is 0. The van der Waals surface area contributed by atoms with Crippen molar-refractivity contribution in [3.63, 3.8) is 0 Å². The third-order valence-corrected chi connectivity index (χ3v) is 4.59. The van der Waals surface area contributed by atoms with E-state index in [1.807, 2.05) is 0 Å². The van der Waals surface area contributed by atoms with Crippen molar-refractivity contribution >= 4 is 6.08 Å². The first kappa shape index (κ1) is 15.8. The Morgan fingerprint density at radius 3 is 2.35 bits per heavy atom. The van der Waals surface area contributed by atoms with Crippen LogP contribution in [0.4, 0.5) is 0 Å². The Hall–Kier alpha value is -2.08. The van der Waals surface area contributed by atoms with Crippen LogP contribution in [0.15, 0.2) is 72.3 Å². The fourth-order valence-corrected chi connectivity index (χ4v) is 3.30. The first-order valence-corrected chi connectivity index (χ1v) is 8.88. The number of benzene rings is 2. The predicted molar refractivity (Wildman–Crippen MR) is 100 cm³/mol. The number of fused-ring (bicyclic) bond motifs is 1. The summed E-state index contributed by atoms with van der Waals surface area (Å²) in [5.74, 6) is 0. The van der Waals surface area contributed by atoms with E-state index in [4.69, 9.17) is 0 Å². The Labute approximate surface area is 140 Å². The van der Waals surface area contributed by atoms with Crippen molar-refractivity contribution in [3.8, 4) is 0 Å². The van der Waals surface area contributed by atoms with E-state index in [2.05, 4.69) is 72.8 Å². The Morgan fingerprint density at radius 2 is 1.57 bits per heavy atom. The maximum absolute atomic E-state index is 2.43. The molecule has 0 aromatic heterocycles. The fourth-order valence-electron chi connectivity index (χ4n) is 3.30. The molecule has 0 saturated carbocycles. The van der Waals surface area contributed by atoms with E-state index in [9.17, 15) is 0 Å². The Morgan fingerprint density at radius 1 is 0.739 bits per heavy atom. The quantitative estimate of drug-likeness (QED) is 0.565. The monoisotopic (exact) mass is 302 g/mol. The molecule has 0 atom stereocenters. The van der Waals surface area contributed by atoms with Gasteiger partial charge in [0.1, 0.15) is 0 Å². The molecule has 4 rings (SSSR count). The molecule has 0 nitrogen and oxygen atoms in total. The second kappa shape index (κ2) is 8.53. The van der Waals surface area contributed by atoms with Crippen LogP contribution < -0.4 is 0 Å². The Kier molecular flexibility index (Phi) is 5.86. The third-order valence-electron chi connectivity index (χ3n) is 4.59. The molecule has 0 fully saturated rings. The highest BCUT2D eigenvalue weighted by atomic mass is 14.1. The summed E-state index contributed by atoms with van der Waals surface area (Å²) in [4.78, 5) is 0. The van der Waals surface area contributed by atoms with Crippen molar-refractivity contribution in [2.24, 2.45) is 0 Å². The number of hydrogen-bond donors (Lipinski definition) is 0. The van der Waals surface area contributed by atoms with Crippen LogP contribution in [0.1, 0.15) is 48.8 Å². The smallest absolute Gasteiger partial charge is 0.00671 e. The van der Waals surface area contributed by atoms with Crippen molar-refractivity contribution < 1.29 is 0 Å². The summed E-state index contributed by atoms with van der Waals surface area (Å²) in [6.45, 7) is 0. The minimum Gasteiger partial charge on any atom is -0.0850 e. The topological polar surface area (TPSA) is 0 Å². The van der Waals surface area contributed by atoms with Crippen LogP contribution in [0.25, 0.3) is 6.08 Å². The van der Waals surface area contributed by atoms with Crippen molar-refractivity contribution in [2.45, 2.75) is 44.9 Å². The van der Waals surface area contributed by atoms with Gasteiger partial charge >= 0.3 is 0 Å². The van der Waals surface area contributed by atoms with Gasteiger partial charge in [0.05, 0.1) is 0 Å². The highest BCUT2D eigenvalue weighted by molar-refractivity contribution is 5.55. The van der Waals surface area contributed by atoms with E-state index in [0.29, 0.717) is 0 Å². The molecule has 0 saturated heterocycles. The van der Waals surface area contributed by atoms with Crippen molar-refractivity contribution in [3.05, 3.63) is 89.0 Å². The number of hydrogen-bond acceptors (Lipinski definition) is 0. The van der Waals surface area contributed by atoms with Crippen LogP contribution in [0, 0.1) is 0 Å². The van der Waals surface area contributed by atoms with Crippen molar-refractivity contribution in [1.29, 1.82) is 0 Å². The molecule has 118 valence electrons. The van der Waals surface area contributed by atoms with E-state index >= 15 is 0 Å². The molecule has 0 heterocycles. The van der Waals surface area contributed by atoms with Crippen LogP contribution in [-0.2, 0) is 12.8 Å². The first-order valence-electron chi connectivity index (χ1n) is 8.88. The number of aryl methyl sites for hydroxylation is 1. The van der Waals surface area contributed by atoms with Crippen LogP contribution >= 0.6 is 0 Å². The standard InChI is InChI=1S/C13H16.C10H10/c1-3-7-12(8-4-1)11-13-9-5-2-6-10-13;1-2-6-10-8-4-3-7-9(10)5-1/h1,3-4,7-9H,2,5-6,10-11H2;1-3,5-7H,4,8H2. The summed E-state index contributed by atoms with van der Waals surface area (Å²) in [7, 11) is 0. The van der Waals surface area contributed by atoms with Gasteiger partial charge in [0.2, 0.25) is 0 Å². The lowest BCUT2D eigenvalue weighted by atomic mass is 9.94. The minimum atomic E-state index is 1.17. The first-order chi connectivity index (χ1) is 11.4. The second-order valence-electron chi connectivity index (χ2n) is 6.41. The normalized spacial score (nSPS) is 15.9. The van der Waals surface area contributed by atoms with Crippen LogP contribution in [0.2, 0.25) is 0 Å². The van der Waals surface area contributed by atoms with Crippen molar-refractivity contribution in [2.75, 3.05) is 0 Å². The summed E-state index contributed by atoms with van der Waals surface area (Å²) in [6.07, 6.45) is 15.8. The molecule has 0 aliphatic heterocycles. The third kappa shape index (κ3) is 4.96. The van der Waals surface area contributed by atoms with E-state index in [1.54, 1.807) is 5.57 Å². The van der Waals surface area contributed by atoms with Gasteiger partial charge in [-0.3, -0.25) is 0 Å². The van der Waals surface area contributed by atoms with Gasteiger partial charge in [-0.1, -0.05) is 78.4 Å². The SMILES string of the molecule is C1=C(Cc2ccccc2)CCCC1.C1=Cc2ccccc2CC1. The highest BCUT2D eigenvalue weighted by Crippen LogP contribution is 2.20. The molecule has 2 aliphatic rings. The lowest BCUT2D eigenvalue weighted by Gasteiger charge is -2.12. The Bertz CT molecular complexity index is 661. The summed E-state index contributed by atoms with van der Waals surface area (Å²) >= 11 is 0. The average molecular weight is 302 g/mol. The molecule has 2 aromatic rings. The van der Waals surface area contributed by atoms with Crippen LogP contribution in [-0.4, -0.2) is 0 Å². The summed E-state index contributed by atoms with van der Waals surface area (Å²) in [5, 5.41) is 0. The van der Waals surface area contributed by atoms with Crippen LogP contribution in [0.3, 0.4) is 0 Å². The molecular weight excluding hydrogens is 276 g/mol. The zero-order chi connectivity index (χ0) is 15.7. The summed E-state index contributed by atoms with van der Waals surface area (Å²) in [6, 6.07) is 19.3. The lowest BCUT2D eigenvalue weighted by molar-refractivity contribution is 0.688. The van der Waals surface area contributed by atoms with Crippen LogP contribution in [0.5, 0.6) is 0 Å². The van der Waals surface area contributed by atoms with E-state index in [-0.39, 0.29) is 0 Å². The molecular formula is C23H26. The average Bonchev–Trinajstić information content (AvgIpc) is 2.64. The molecule has 23 heavy (non-hydrogen) atoms. The van der Waals surface area contributed by atoms with Gasteiger partial charge in [-0.25, -0.2) is 0 Å². The highest BCUT2D eigenvalue weighted by Gasteiger charge is 2.03. The second-order valence-corrected chi connectivity index (χ2v) is 6.41. The van der Waals surface area contributed by atoms with Gasteiger partial charge in [0.25, 0.3) is 0 Å². The fraction of sp³-hybridized carbons (Fsp3) is 0.304. The van der Waals surface area contributed by atoms with E-state index < -0.39 is 0 Å². The lowest BCUT2D eigenvalue weighted by Crippen LogP contribution is -1.95. The zero-order valence-electron chi connectivity index (χ0n) is 13.9. The molecule has 0 radical (unpaired) electrons. The zero-order valence-corrected chi connectivity index (χ0v) is 13.9. The maximum atomic E-state index is 2.43. The molecule has 0 bridgehead atoms. The van der Waals surface area contributed by atoms with Gasteiger partial charge in [-0.15, -0.1) is 0 Å². The summed E-state index contributed by atoms with van der Waals surface area (Å²) in [5.41, 5.74) is 5.98. The van der Waals surface area contributed by atoms with Gasteiger partial charge in [0, 0.05) is 0 Å². The predicted octanol–water partition coefficient (Wildman–Crippen LogP) is 6.38.